The lowest BCUT2D eigenvalue weighted by Gasteiger charge is -2.16. The van der Waals surface area contributed by atoms with E-state index in [0.717, 1.165) is 5.39 Å². The second kappa shape index (κ2) is 10.2. The minimum absolute atomic E-state index is 0.204. The van der Waals surface area contributed by atoms with Crippen LogP contribution in [0.3, 0.4) is 0 Å². The molecule has 1 N–H and O–H groups in total. The summed E-state index contributed by atoms with van der Waals surface area (Å²) in [6, 6.07) is 13.0. The van der Waals surface area contributed by atoms with Gasteiger partial charge in [0.15, 0.2) is 0 Å². The van der Waals surface area contributed by atoms with Crippen molar-refractivity contribution in [1.82, 2.24) is 10.3 Å². The fourth-order valence-electron chi connectivity index (χ4n) is 3.26. The summed E-state index contributed by atoms with van der Waals surface area (Å²) < 4.78 is 10.5. The molecule has 2 aromatic carbocycles. The maximum atomic E-state index is 12.6. The zero-order valence-electron chi connectivity index (χ0n) is 18.0. The summed E-state index contributed by atoms with van der Waals surface area (Å²) >= 11 is 6.03. The van der Waals surface area contributed by atoms with Crippen LogP contribution in [0, 0.1) is 6.92 Å². The number of halogens is 1. The minimum Gasteiger partial charge on any atom is -0.462 e. The average molecular weight is 455 g/mol. The Balaban J connectivity index is 1.78. The van der Waals surface area contributed by atoms with E-state index in [0.29, 0.717) is 11.1 Å². The molecule has 7 nitrogen and oxygen atoms in total. The number of fused-ring (bicyclic) bond motifs is 1. The Morgan fingerprint density at radius 2 is 1.75 bits per heavy atom. The topological polar surface area (TPSA) is 94.6 Å². The maximum Gasteiger partial charge on any atom is 0.340 e. The van der Waals surface area contributed by atoms with Crippen LogP contribution in [0.2, 0.25) is 5.02 Å². The highest BCUT2D eigenvalue weighted by atomic mass is 35.5. The van der Waals surface area contributed by atoms with Gasteiger partial charge in [-0.15, -0.1) is 0 Å². The molecule has 1 atom stereocenters. The van der Waals surface area contributed by atoms with Gasteiger partial charge in [-0.25, -0.2) is 14.6 Å². The Hall–Kier alpha value is -3.45. The molecule has 8 heteroatoms. The molecule has 0 radical (unpaired) electrons. The molecule has 3 rings (SSSR count). The lowest BCUT2D eigenvalue weighted by molar-refractivity contribution is -0.146. The molecule has 1 amide bonds. The Morgan fingerprint density at radius 1 is 1.06 bits per heavy atom. The molecular formula is C24H23ClN2O5. The van der Waals surface area contributed by atoms with Gasteiger partial charge in [0, 0.05) is 5.39 Å². The standard InChI is InChI=1S/C24H23ClN2O5/c1-4-31-24(30)21-14(2)16-9-6-8-12-19(16)27-20(21)13-32-23(29)15(3)26-22(28)17-10-5-7-11-18(17)25/h5-12,15H,4,13H2,1-3H3,(H,26,28)/t15-/m0/s1. The predicted molar refractivity (Wildman–Crippen MR) is 121 cm³/mol. The zero-order chi connectivity index (χ0) is 23.3. The number of nitrogens with one attached hydrogen (secondary N) is 1. The number of para-hydroxylation sites is 1. The number of carbonyl (C=O) groups excluding carboxylic acids is 3. The number of amides is 1. The van der Waals surface area contributed by atoms with Crippen molar-refractivity contribution in [3.8, 4) is 0 Å². The lowest BCUT2D eigenvalue weighted by atomic mass is 10.0. The predicted octanol–water partition coefficient (Wildman–Crippen LogP) is 4.24. The third kappa shape index (κ3) is 5.06. The molecule has 0 fully saturated rings. The van der Waals surface area contributed by atoms with Crippen molar-refractivity contribution in [2.75, 3.05) is 6.61 Å². The Labute approximate surface area is 190 Å². The van der Waals surface area contributed by atoms with E-state index in [4.69, 9.17) is 21.1 Å². The Bertz CT molecular complexity index is 1180. The number of rotatable bonds is 7. The first kappa shape index (κ1) is 23.2. The Kier molecular flexibility index (Phi) is 7.43. The number of nitrogens with zero attached hydrogens (tertiary/aromatic N) is 1. The molecule has 0 saturated heterocycles. The van der Waals surface area contributed by atoms with E-state index in [1.54, 1.807) is 38.1 Å². The van der Waals surface area contributed by atoms with Crippen LogP contribution in [0.25, 0.3) is 10.9 Å². The summed E-state index contributed by atoms with van der Waals surface area (Å²) in [5.41, 5.74) is 2.18. The number of aromatic nitrogens is 1. The van der Waals surface area contributed by atoms with Crippen molar-refractivity contribution in [2.24, 2.45) is 0 Å². The van der Waals surface area contributed by atoms with Crippen LogP contribution in [-0.4, -0.2) is 35.5 Å². The second-order valence-corrected chi connectivity index (χ2v) is 7.49. The van der Waals surface area contributed by atoms with E-state index < -0.39 is 23.9 Å². The van der Waals surface area contributed by atoms with Gasteiger partial charge in [-0.2, -0.15) is 0 Å². The molecular weight excluding hydrogens is 432 g/mol. The van der Waals surface area contributed by atoms with Crippen LogP contribution >= 0.6 is 11.6 Å². The van der Waals surface area contributed by atoms with E-state index >= 15 is 0 Å². The van der Waals surface area contributed by atoms with E-state index in [2.05, 4.69) is 10.3 Å². The molecule has 1 heterocycles. The normalized spacial score (nSPS) is 11.6. The van der Waals surface area contributed by atoms with Gasteiger partial charge in [-0.05, 0) is 44.5 Å². The SMILES string of the molecule is CCOC(=O)c1c(COC(=O)[C@H](C)NC(=O)c2ccccc2Cl)nc2ccccc2c1C. The maximum absolute atomic E-state index is 12.6. The monoisotopic (exact) mass is 454 g/mol. The van der Waals surface area contributed by atoms with Gasteiger partial charge in [0.2, 0.25) is 0 Å². The van der Waals surface area contributed by atoms with Gasteiger partial charge < -0.3 is 14.8 Å². The molecule has 32 heavy (non-hydrogen) atoms. The lowest BCUT2D eigenvalue weighted by Crippen LogP contribution is -2.39. The molecule has 0 bridgehead atoms. The minimum atomic E-state index is -0.939. The molecule has 0 spiro atoms. The second-order valence-electron chi connectivity index (χ2n) is 7.08. The van der Waals surface area contributed by atoms with E-state index in [1.165, 1.54) is 6.92 Å². The average Bonchev–Trinajstić information content (AvgIpc) is 2.77. The van der Waals surface area contributed by atoms with Crippen LogP contribution in [0.1, 0.15) is 45.8 Å². The van der Waals surface area contributed by atoms with Crippen molar-refractivity contribution < 1.29 is 23.9 Å². The number of carbonyl (C=O) groups is 3. The summed E-state index contributed by atoms with van der Waals surface area (Å²) in [5, 5.41) is 3.65. The van der Waals surface area contributed by atoms with E-state index in [-0.39, 0.29) is 35.1 Å². The number of esters is 2. The largest absolute Gasteiger partial charge is 0.462 e. The highest BCUT2D eigenvalue weighted by Crippen LogP contribution is 2.24. The van der Waals surface area contributed by atoms with Crippen molar-refractivity contribution in [1.29, 1.82) is 0 Å². The first-order valence-electron chi connectivity index (χ1n) is 10.1. The number of hydrogen-bond acceptors (Lipinski definition) is 6. The molecule has 1 aromatic heterocycles. The summed E-state index contributed by atoms with van der Waals surface area (Å²) in [5.74, 6) is -1.70. The molecule has 0 aliphatic rings. The van der Waals surface area contributed by atoms with E-state index in [9.17, 15) is 14.4 Å². The van der Waals surface area contributed by atoms with Crippen LogP contribution in [0.15, 0.2) is 48.5 Å². The molecule has 166 valence electrons. The summed E-state index contributed by atoms with van der Waals surface area (Å²) in [6.07, 6.45) is 0. The van der Waals surface area contributed by atoms with Crippen LogP contribution in [-0.2, 0) is 20.9 Å². The van der Waals surface area contributed by atoms with Gasteiger partial charge in [0.25, 0.3) is 5.91 Å². The third-order valence-electron chi connectivity index (χ3n) is 4.88. The summed E-state index contributed by atoms with van der Waals surface area (Å²) in [6.45, 7) is 4.97. The van der Waals surface area contributed by atoms with Gasteiger partial charge >= 0.3 is 11.9 Å². The van der Waals surface area contributed by atoms with Crippen molar-refractivity contribution >= 4 is 40.3 Å². The number of hydrogen-bond donors (Lipinski definition) is 1. The molecule has 0 aliphatic carbocycles. The van der Waals surface area contributed by atoms with Gasteiger partial charge in [-0.3, -0.25) is 4.79 Å². The first-order valence-corrected chi connectivity index (χ1v) is 10.5. The van der Waals surface area contributed by atoms with Crippen molar-refractivity contribution in [3.63, 3.8) is 0 Å². The third-order valence-corrected chi connectivity index (χ3v) is 5.21. The first-order chi connectivity index (χ1) is 15.3. The fourth-order valence-corrected chi connectivity index (χ4v) is 3.48. The number of pyridine rings is 1. The van der Waals surface area contributed by atoms with Crippen LogP contribution < -0.4 is 5.32 Å². The van der Waals surface area contributed by atoms with Crippen molar-refractivity contribution in [3.05, 3.63) is 75.9 Å². The van der Waals surface area contributed by atoms with E-state index in [1.807, 2.05) is 24.3 Å². The highest BCUT2D eigenvalue weighted by Gasteiger charge is 2.23. The number of ether oxygens (including phenoxy) is 2. The molecule has 0 saturated carbocycles. The zero-order valence-corrected chi connectivity index (χ0v) is 18.7. The number of aryl methyl sites for hydroxylation is 1. The summed E-state index contributed by atoms with van der Waals surface area (Å²) in [7, 11) is 0. The molecule has 0 unspecified atom stereocenters. The van der Waals surface area contributed by atoms with Crippen LogP contribution in [0.5, 0.6) is 0 Å². The van der Waals surface area contributed by atoms with Crippen LogP contribution in [0.4, 0.5) is 0 Å². The van der Waals surface area contributed by atoms with Gasteiger partial charge in [0.1, 0.15) is 12.6 Å². The van der Waals surface area contributed by atoms with Gasteiger partial charge in [-0.1, -0.05) is 41.9 Å². The smallest absolute Gasteiger partial charge is 0.340 e. The molecule has 3 aromatic rings. The highest BCUT2D eigenvalue weighted by molar-refractivity contribution is 6.33. The van der Waals surface area contributed by atoms with Gasteiger partial charge in [0.05, 0.1) is 34.0 Å². The fraction of sp³-hybridized carbons (Fsp3) is 0.250. The Morgan fingerprint density at radius 3 is 2.47 bits per heavy atom. The van der Waals surface area contributed by atoms with Crippen molar-refractivity contribution in [2.45, 2.75) is 33.4 Å². The number of benzene rings is 2. The quantitative estimate of drug-likeness (QED) is 0.537. The summed E-state index contributed by atoms with van der Waals surface area (Å²) in [4.78, 5) is 42.0. The molecule has 0 aliphatic heterocycles.